The molecule has 1 aliphatic rings. The summed E-state index contributed by atoms with van der Waals surface area (Å²) in [6.45, 7) is 3.32. The molecule has 1 heterocycles. The molecule has 1 unspecified atom stereocenters. The van der Waals surface area contributed by atoms with Crippen LogP contribution in [0.15, 0.2) is 24.3 Å². The highest BCUT2D eigenvalue weighted by atomic mass is 16.3. The standard InChI is InChI=1S/C15H24N2O/c16-14-8-4-3-7-13(14)15(18)9-12-17-10-5-1-2-6-11-17/h3-4,7-8,15,18H,1-2,5-6,9-12,16H2. The van der Waals surface area contributed by atoms with Crippen molar-refractivity contribution in [3.63, 3.8) is 0 Å². The second kappa shape index (κ2) is 6.76. The average Bonchev–Trinajstić information content (AvgIpc) is 2.65. The molecule has 0 amide bonds. The van der Waals surface area contributed by atoms with Crippen molar-refractivity contribution in [1.82, 2.24) is 4.90 Å². The molecule has 1 aromatic carbocycles. The van der Waals surface area contributed by atoms with Gasteiger partial charge >= 0.3 is 0 Å². The van der Waals surface area contributed by atoms with Gasteiger partial charge < -0.3 is 15.7 Å². The number of nitrogens with zero attached hydrogens (tertiary/aromatic N) is 1. The number of anilines is 1. The van der Waals surface area contributed by atoms with Crippen molar-refractivity contribution in [1.29, 1.82) is 0 Å². The lowest BCUT2D eigenvalue weighted by Gasteiger charge is -2.22. The fourth-order valence-electron chi connectivity index (χ4n) is 2.63. The van der Waals surface area contributed by atoms with Crippen LogP contribution >= 0.6 is 0 Å². The zero-order valence-electron chi connectivity index (χ0n) is 11.0. The summed E-state index contributed by atoms with van der Waals surface area (Å²) in [7, 11) is 0. The van der Waals surface area contributed by atoms with Gasteiger partial charge in [0.25, 0.3) is 0 Å². The first-order chi connectivity index (χ1) is 8.77. The van der Waals surface area contributed by atoms with Crippen molar-refractivity contribution in [2.75, 3.05) is 25.4 Å². The molecule has 3 heteroatoms. The molecule has 0 saturated carbocycles. The van der Waals surface area contributed by atoms with Crippen LogP contribution in [0, 0.1) is 0 Å². The number of hydrogen-bond acceptors (Lipinski definition) is 3. The summed E-state index contributed by atoms with van der Waals surface area (Å²) in [4.78, 5) is 2.47. The molecule has 3 N–H and O–H groups in total. The first-order valence-corrected chi connectivity index (χ1v) is 7.02. The lowest BCUT2D eigenvalue weighted by molar-refractivity contribution is 0.143. The van der Waals surface area contributed by atoms with Crippen LogP contribution < -0.4 is 5.73 Å². The highest BCUT2D eigenvalue weighted by Crippen LogP contribution is 2.23. The molecule has 3 nitrogen and oxygen atoms in total. The van der Waals surface area contributed by atoms with E-state index in [2.05, 4.69) is 4.90 Å². The van der Waals surface area contributed by atoms with Crippen LogP contribution in [0.4, 0.5) is 5.69 Å². The summed E-state index contributed by atoms with van der Waals surface area (Å²) < 4.78 is 0. The minimum Gasteiger partial charge on any atom is -0.398 e. The van der Waals surface area contributed by atoms with Gasteiger partial charge in [-0.2, -0.15) is 0 Å². The van der Waals surface area contributed by atoms with E-state index in [-0.39, 0.29) is 0 Å². The zero-order chi connectivity index (χ0) is 12.8. The molecule has 1 fully saturated rings. The number of para-hydroxylation sites is 1. The third kappa shape index (κ3) is 3.72. The zero-order valence-corrected chi connectivity index (χ0v) is 11.0. The number of nitrogens with two attached hydrogens (primary N) is 1. The molecule has 1 aromatic rings. The second-order valence-electron chi connectivity index (χ2n) is 5.19. The van der Waals surface area contributed by atoms with Crippen molar-refractivity contribution >= 4 is 5.69 Å². The van der Waals surface area contributed by atoms with Crippen LogP contribution in [0.5, 0.6) is 0 Å². The molecule has 1 aliphatic heterocycles. The Kier molecular flexibility index (Phi) is 5.02. The summed E-state index contributed by atoms with van der Waals surface area (Å²) >= 11 is 0. The van der Waals surface area contributed by atoms with E-state index in [9.17, 15) is 5.11 Å². The maximum atomic E-state index is 10.2. The minimum absolute atomic E-state index is 0.436. The summed E-state index contributed by atoms with van der Waals surface area (Å²) in [5, 5.41) is 10.2. The first-order valence-electron chi connectivity index (χ1n) is 7.02. The fourth-order valence-corrected chi connectivity index (χ4v) is 2.63. The van der Waals surface area contributed by atoms with Gasteiger partial charge in [-0.3, -0.25) is 0 Å². The smallest absolute Gasteiger partial charge is 0.0822 e. The molecule has 18 heavy (non-hydrogen) atoms. The Bertz CT molecular complexity index is 359. The molecule has 0 aromatic heterocycles. The van der Waals surface area contributed by atoms with Gasteiger partial charge in [-0.15, -0.1) is 0 Å². The van der Waals surface area contributed by atoms with Crippen molar-refractivity contribution < 1.29 is 5.11 Å². The second-order valence-corrected chi connectivity index (χ2v) is 5.19. The van der Waals surface area contributed by atoms with Crippen molar-refractivity contribution in [3.05, 3.63) is 29.8 Å². The van der Waals surface area contributed by atoms with Gasteiger partial charge in [0.05, 0.1) is 6.10 Å². The summed E-state index contributed by atoms with van der Waals surface area (Å²) in [5.74, 6) is 0. The Morgan fingerprint density at radius 1 is 1.11 bits per heavy atom. The Balaban J connectivity index is 1.84. The molecule has 2 rings (SSSR count). The minimum atomic E-state index is -0.436. The van der Waals surface area contributed by atoms with E-state index in [0.717, 1.165) is 18.5 Å². The lowest BCUT2D eigenvalue weighted by Crippen LogP contribution is -2.27. The number of hydrogen-bond donors (Lipinski definition) is 2. The number of benzene rings is 1. The predicted molar refractivity (Wildman–Crippen MR) is 75.3 cm³/mol. The van der Waals surface area contributed by atoms with Gasteiger partial charge in [0.2, 0.25) is 0 Å². The summed E-state index contributed by atoms with van der Waals surface area (Å²) in [5.41, 5.74) is 7.44. The molecular weight excluding hydrogens is 224 g/mol. The van der Waals surface area contributed by atoms with E-state index in [4.69, 9.17) is 5.73 Å². The van der Waals surface area contributed by atoms with Crippen LogP contribution in [0.25, 0.3) is 0 Å². The number of aliphatic hydroxyl groups excluding tert-OH is 1. The molecule has 100 valence electrons. The maximum Gasteiger partial charge on any atom is 0.0822 e. The fraction of sp³-hybridized carbons (Fsp3) is 0.600. The predicted octanol–water partition coefficient (Wildman–Crippen LogP) is 2.57. The van der Waals surface area contributed by atoms with Crippen molar-refractivity contribution in [2.45, 2.75) is 38.2 Å². The van der Waals surface area contributed by atoms with Crippen molar-refractivity contribution in [2.24, 2.45) is 0 Å². The number of aliphatic hydroxyl groups is 1. The molecule has 0 bridgehead atoms. The Morgan fingerprint density at radius 3 is 2.44 bits per heavy atom. The van der Waals surface area contributed by atoms with Crippen LogP contribution in [0.1, 0.15) is 43.8 Å². The molecule has 1 atom stereocenters. The monoisotopic (exact) mass is 248 g/mol. The molecule has 1 saturated heterocycles. The normalized spacial score (nSPS) is 19.4. The number of rotatable bonds is 4. The third-order valence-corrected chi connectivity index (χ3v) is 3.77. The highest BCUT2D eigenvalue weighted by Gasteiger charge is 2.14. The topological polar surface area (TPSA) is 49.5 Å². The number of nitrogen functional groups attached to an aromatic ring is 1. The van der Waals surface area contributed by atoms with Crippen molar-refractivity contribution in [3.8, 4) is 0 Å². The van der Waals surface area contributed by atoms with Crippen LogP contribution in [-0.4, -0.2) is 29.6 Å². The molecule has 0 aliphatic carbocycles. The molecule has 0 spiro atoms. The van der Waals surface area contributed by atoms with Gasteiger partial charge in [-0.25, -0.2) is 0 Å². The number of likely N-dealkylation sites (tertiary alicyclic amines) is 1. The first kappa shape index (κ1) is 13.4. The van der Waals surface area contributed by atoms with Crippen LogP contribution in [0.3, 0.4) is 0 Å². The maximum absolute atomic E-state index is 10.2. The van der Waals surface area contributed by atoms with E-state index in [1.165, 1.54) is 38.8 Å². The Labute approximate surface area is 110 Å². The van der Waals surface area contributed by atoms with E-state index in [1.807, 2.05) is 24.3 Å². The van der Waals surface area contributed by atoms with E-state index in [0.29, 0.717) is 5.69 Å². The quantitative estimate of drug-likeness (QED) is 0.805. The highest BCUT2D eigenvalue weighted by molar-refractivity contribution is 5.47. The summed E-state index contributed by atoms with van der Waals surface area (Å²) in [6.07, 6.45) is 5.63. The van der Waals surface area contributed by atoms with Crippen LogP contribution in [0.2, 0.25) is 0 Å². The van der Waals surface area contributed by atoms with E-state index in [1.54, 1.807) is 0 Å². The lowest BCUT2D eigenvalue weighted by atomic mass is 10.0. The van der Waals surface area contributed by atoms with E-state index < -0.39 is 6.10 Å². The summed E-state index contributed by atoms with van der Waals surface area (Å²) in [6, 6.07) is 7.61. The van der Waals surface area contributed by atoms with Gasteiger partial charge in [0.15, 0.2) is 0 Å². The SMILES string of the molecule is Nc1ccccc1C(O)CCN1CCCCCC1. The average molecular weight is 248 g/mol. The van der Waals surface area contributed by atoms with Gasteiger partial charge in [-0.05, 0) is 38.4 Å². The Hall–Kier alpha value is -1.06. The van der Waals surface area contributed by atoms with Gasteiger partial charge in [0.1, 0.15) is 0 Å². The van der Waals surface area contributed by atoms with Crippen LogP contribution in [-0.2, 0) is 0 Å². The third-order valence-electron chi connectivity index (χ3n) is 3.77. The largest absolute Gasteiger partial charge is 0.398 e. The van der Waals surface area contributed by atoms with E-state index >= 15 is 0 Å². The molecule has 0 radical (unpaired) electrons. The van der Waals surface area contributed by atoms with Gasteiger partial charge in [0, 0.05) is 17.8 Å². The van der Waals surface area contributed by atoms with Gasteiger partial charge in [-0.1, -0.05) is 31.0 Å². The molecular formula is C15H24N2O. The Morgan fingerprint density at radius 2 is 1.78 bits per heavy atom.